The molecule has 1 aromatic carbocycles. The number of hydrogen-bond donors (Lipinski definition) is 1. The molecule has 24 heavy (non-hydrogen) atoms. The standard InChI is InChI=1S/C17H14ClN5O/c1-12-15(11-20-21-17(24)13-7-9-19-10-8-13)16(18)23(22-12)14-5-3-2-4-6-14/h2-11H,1H3,(H,21,24)/b20-11-. The fourth-order valence-electron chi connectivity index (χ4n) is 2.12. The number of amides is 1. The molecule has 1 N–H and O–H groups in total. The number of halogens is 1. The number of aryl methyl sites for hydroxylation is 1. The zero-order valence-electron chi connectivity index (χ0n) is 12.8. The Morgan fingerprint density at radius 2 is 1.92 bits per heavy atom. The van der Waals surface area contributed by atoms with E-state index in [1.54, 1.807) is 29.2 Å². The molecule has 0 saturated carbocycles. The summed E-state index contributed by atoms with van der Waals surface area (Å²) in [6.07, 6.45) is 4.58. The van der Waals surface area contributed by atoms with Crippen molar-refractivity contribution >= 4 is 23.7 Å². The van der Waals surface area contributed by atoms with Crippen molar-refractivity contribution < 1.29 is 4.79 Å². The number of hydrogen-bond acceptors (Lipinski definition) is 4. The van der Waals surface area contributed by atoms with Gasteiger partial charge in [0, 0.05) is 18.0 Å². The lowest BCUT2D eigenvalue weighted by molar-refractivity contribution is 0.0955. The largest absolute Gasteiger partial charge is 0.271 e. The highest BCUT2D eigenvalue weighted by molar-refractivity contribution is 6.32. The van der Waals surface area contributed by atoms with Crippen LogP contribution in [-0.2, 0) is 0 Å². The fraction of sp³-hybridized carbons (Fsp3) is 0.0588. The maximum absolute atomic E-state index is 11.9. The average molecular weight is 340 g/mol. The summed E-state index contributed by atoms with van der Waals surface area (Å²) in [6.45, 7) is 1.83. The summed E-state index contributed by atoms with van der Waals surface area (Å²) in [5.74, 6) is -0.321. The van der Waals surface area contributed by atoms with Crippen molar-refractivity contribution in [1.29, 1.82) is 0 Å². The summed E-state index contributed by atoms with van der Waals surface area (Å²) in [7, 11) is 0. The highest BCUT2D eigenvalue weighted by Crippen LogP contribution is 2.21. The molecule has 2 heterocycles. The molecule has 0 atom stereocenters. The van der Waals surface area contributed by atoms with Gasteiger partial charge in [-0.2, -0.15) is 10.2 Å². The van der Waals surface area contributed by atoms with Crippen molar-refractivity contribution in [3.8, 4) is 5.69 Å². The van der Waals surface area contributed by atoms with Gasteiger partial charge in [0.15, 0.2) is 0 Å². The van der Waals surface area contributed by atoms with Gasteiger partial charge in [0.25, 0.3) is 5.91 Å². The van der Waals surface area contributed by atoms with Crippen LogP contribution in [0.4, 0.5) is 0 Å². The summed E-state index contributed by atoms with van der Waals surface area (Å²) >= 11 is 6.38. The van der Waals surface area contributed by atoms with E-state index < -0.39 is 0 Å². The number of hydrazone groups is 1. The Morgan fingerprint density at radius 3 is 2.62 bits per heavy atom. The van der Waals surface area contributed by atoms with Crippen molar-refractivity contribution in [2.45, 2.75) is 6.92 Å². The maximum Gasteiger partial charge on any atom is 0.271 e. The highest BCUT2D eigenvalue weighted by atomic mass is 35.5. The first-order valence-electron chi connectivity index (χ1n) is 7.21. The Kier molecular flexibility index (Phi) is 4.67. The van der Waals surface area contributed by atoms with Gasteiger partial charge in [0.2, 0.25) is 0 Å². The Bertz CT molecular complexity index is 875. The van der Waals surface area contributed by atoms with Crippen molar-refractivity contribution in [2.75, 3.05) is 0 Å². The topological polar surface area (TPSA) is 72.2 Å². The van der Waals surface area contributed by atoms with Gasteiger partial charge < -0.3 is 0 Å². The van der Waals surface area contributed by atoms with Crippen molar-refractivity contribution in [1.82, 2.24) is 20.2 Å². The summed E-state index contributed by atoms with van der Waals surface area (Å²) in [5, 5.41) is 8.80. The Labute approximate surface area is 143 Å². The predicted molar refractivity (Wildman–Crippen MR) is 92.6 cm³/mol. The van der Waals surface area contributed by atoms with E-state index in [2.05, 4.69) is 20.6 Å². The zero-order valence-corrected chi connectivity index (χ0v) is 13.6. The Morgan fingerprint density at radius 1 is 1.21 bits per heavy atom. The van der Waals surface area contributed by atoms with Crippen LogP contribution in [0.2, 0.25) is 5.15 Å². The van der Waals surface area contributed by atoms with Gasteiger partial charge in [0.05, 0.1) is 23.2 Å². The first-order valence-corrected chi connectivity index (χ1v) is 7.58. The number of carbonyl (C=O) groups is 1. The minimum absolute atomic E-state index is 0.321. The third-order valence-electron chi connectivity index (χ3n) is 3.35. The molecule has 0 aliphatic carbocycles. The number of rotatable bonds is 4. The van der Waals surface area contributed by atoms with E-state index in [4.69, 9.17) is 11.6 Å². The molecule has 2 aromatic heterocycles. The van der Waals surface area contributed by atoms with E-state index in [0.29, 0.717) is 22.0 Å². The zero-order chi connectivity index (χ0) is 16.9. The second kappa shape index (κ2) is 7.06. The molecule has 3 rings (SSSR count). The van der Waals surface area contributed by atoms with E-state index in [1.165, 1.54) is 6.21 Å². The lowest BCUT2D eigenvalue weighted by Gasteiger charge is -2.02. The van der Waals surface area contributed by atoms with Crippen LogP contribution < -0.4 is 5.43 Å². The Balaban J connectivity index is 1.78. The molecular formula is C17H14ClN5O. The summed E-state index contributed by atoms with van der Waals surface area (Å²) in [6, 6.07) is 12.8. The first kappa shape index (κ1) is 15.9. The molecule has 6 nitrogen and oxygen atoms in total. The average Bonchev–Trinajstić information content (AvgIpc) is 2.91. The van der Waals surface area contributed by atoms with Crippen LogP contribution >= 0.6 is 11.6 Å². The Hall–Kier alpha value is -2.99. The second-order valence-electron chi connectivity index (χ2n) is 4.97. The molecule has 3 aromatic rings. The molecular weight excluding hydrogens is 326 g/mol. The molecule has 7 heteroatoms. The molecule has 0 aliphatic heterocycles. The second-order valence-corrected chi connectivity index (χ2v) is 5.33. The first-order chi connectivity index (χ1) is 11.7. The van der Waals surface area contributed by atoms with Crippen LogP contribution in [0.25, 0.3) is 5.69 Å². The molecule has 120 valence electrons. The number of nitrogens with zero attached hydrogens (tertiary/aromatic N) is 4. The highest BCUT2D eigenvalue weighted by Gasteiger charge is 2.13. The third-order valence-corrected chi connectivity index (χ3v) is 3.71. The molecule has 0 aliphatic rings. The van der Waals surface area contributed by atoms with Gasteiger partial charge >= 0.3 is 0 Å². The summed E-state index contributed by atoms with van der Waals surface area (Å²) in [5.41, 5.74) is 5.15. The van der Waals surface area contributed by atoms with Gasteiger partial charge in [0.1, 0.15) is 5.15 Å². The van der Waals surface area contributed by atoms with E-state index in [0.717, 1.165) is 5.69 Å². The molecule has 1 amide bonds. The molecule has 0 unspecified atom stereocenters. The smallest absolute Gasteiger partial charge is 0.267 e. The number of para-hydroxylation sites is 1. The minimum atomic E-state index is -0.321. The SMILES string of the molecule is Cc1nn(-c2ccccc2)c(Cl)c1/C=N\NC(=O)c1ccncc1. The van der Waals surface area contributed by atoms with Gasteiger partial charge in [-0.05, 0) is 31.2 Å². The predicted octanol–water partition coefficient (Wildman–Crippen LogP) is 2.99. The molecule has 0 spiro atoms. The number of nitrogens with one attached hydrogen (secondary N) is 1. The van der Waals surface area contributed by atoms with E-state index in [1.807, 2.05) is 37.3 Å². The van der Waals surface area contributed by atoms with Crippen LogP contribution in [0.15, 0.2) is 60.0 Å². The van der Waals surface area contributed by atoms with Gasteiger partial charge in [-0.3, -0.25) is 9.78 Å². The number of carbonyl (C=O) groups excluding carboxylic acids is 1. The van der Waals surface area contributed by atoms with E-state index in [-0.39, 0.29) is 5.91 Å². The van der Waals surface area contributed by atoms with Crippen LogP contribution in [0.3, 0.4) is 0 Å². The van der Waals surface area contributed by atoms with Crippen LogP contribution in [0.1, 0.15) is 21.6 Å². The molecule has 0 bridgehead atoms. The fourth-order valence-corrected chi connectivity index (χ4v) is 2.44. The van der Waals surface area contributed by atoms with Crippen molar-refractivity contribution in [3.63, 3.8) is 0 Å². The summed E-state index contributed by atoms with van der Waals surface area (Å²) in [4.78, 5) is 15.8. The van der Waals surface area contributed by atoms with Gasteiger partial charge in [-0.25, -0.2) is 10.1 Å². The third kappa shape index (κ3) is 3.33. The van der Waals surface area contributed by atoms with Crippen LogP contribution in [-0.4, -0.2) is 26.9 Å². The minimum Gasteiger partial charge on any atom is -0.267 e. The number of aromatic nitrogens is 3. The van der Waals surface area contributed by atoms with Gasteiger partial charge in [-0.1, -0.05) is 29.8 Å². The summed E-state index contributed by atoms with van der Waals surface area (Å²) < 4.78 is 1.63. The van der Waals surface area contributed by atoms with E-state index >= 15 is 0 Å². The maximum atomic E-state index is 11.9. The van der Waals surface area contributed by atoms with Crippen LogP contribution in [0, 0.1) is 6.92 Å². The molecule has 0 fully saturated rings. The van der Waals surface area contributed by atoms with Crippen molar-refractivity contribution in [2.24, 2.45) is 5.10 Å². The van der Waals surface area contributed by atoms with Gasteiger partial charge in [-0.15, -0.1) is 0 Å². The van der Waals surface area contributed by atoms with E-state index in [9.17, 15) is 4.79 Å². The molecule has 0 radical (unpaired) electrons. The monoisotopic (exact) mass is 339 g/mol. The number of pyridine rings is 1. The normalized spacial score (nSPS) is 10.9. The quantitative estimate of drug-likeness (QED) is 0.586. The van der Waals surface area contributed by atoms with Crippen molar-refractivity contribution in [3.05, 3.63) is 76.8 Å². The lowest BCUT2D eigenvalue weighted by atomic mass is 10.2. The number of benzene rings is 1. The lowest BCUT2D eigenvalue weighted by Crippen LogP contribution is -2.17. The molecule has 0 saturated heterocycles. The van der Waals surface area contributed by atoms with Crippen LogP contribution in [0.5, 0.6) is 0 Å².